The molecule has 0 aromatic heterocycles. The van der Waals surface area contributed by atoms with Gasteiger partial charge in [-0.25, -0.2) is 0 Å². The summed E-state index contributed by atoms with van der Waals surface area (Å²) in [6.07, 6.45) is 1.86. The Morgan fingerprint density at radius 3 is 2.76 bits per heavy atom. The van der Waals surface area contributed by atoms with Gasteiger partial charge in [-0.3, -0.25) is 0 Å². The normalized spacial score (nSPS) is 19.2. The highest BCUT2D eigenvalue weighted by molar-refractivity contribution is 9.10. The molecular weight excluding hydrogens is 302 g/mol. The molecule has 1 unspecified atom stereocenters. The summed E-state index contributed by atoms with van der Waals surface area (Å²) in [5.41, 5.74) is 1.04. The Hall–Kier alpha value is -0.0700. The van der Waals surface area contributed by atoms with Crippen LogP contribution in [0.3, 0.4) is 0 Å². The fourth-order valence-electron chi connectivity index (χ4n) is 1.85. The van der Waals surface area contributed by atoms with Gasteiger partial charge in [0.2, 0.25) is 0 Å². The first-order chi connectivity index (χ1) is 8.16. The summed E-state index contributed by atoms with van der Waals surface area (Å²) in [5, 5.41) is 0. The summed E-state index contributed by atoms with van der Waals surface area (Å²) in [5.74, 6) is 0. The third-order valence-corrected chi connectivity index (χ3v) is 4.73. The summed E-state index contributed by atoms with van der Waals surface area (Å²) in [4.78, 5) is 0.861. The maximum Gasteiger partial charge on any atom is 0.176 e. The van der Waals surface area contributed by atoms with Crippen LogP contribution in [0.4, 0.5) is 0 Å². The summed E-state index contributed by atoms with van der Waals surface area (Å²) >= 11 is 2.28. The molecule has 17 heavy (non-hydrogen) atoms. The number of benzene rings is 1. The van der Waals surface area contributed by atoms with Crippen LogP contribution < -0.4 is 4.72 Å². The second kappa shape index (κ2) is 6.20. The van der Waals surface area contributed by atoms with Crippen LogP contribution in [0, 0.1) is 6.92 Å². The van der Waals surface area contributed by atoms with E-state index in [1.54, 1.807) is 0 Å². The van der Waals surface area contributed by atoms with E-state index < -0.39 is 11.4 Å². The number of rotatable bonds is 3. The summed E-state index contributed by atoms with van der Waals surface area (Å²) < 4.78 is 21.7. The third kappa shape index (κ3) is 3.69. The minimum absolute atomic E-state index is 0.299. The Labute approximate surface area is 113 Å². The van der Waals surface area contributed by atoms with Crippen LogP contribution in [0.25, 0.3) is 0 Å². The summed E-state index contributed by atoms with van der Waals surface area (Å²) in [7, 11) is 0. The van der Waals surface area contributed by atoms with Crippen LogP contribution in [-0.4, -0.2) is 23.8 Å². The van der Waals surface area contributed by atoms with Crippen molar-refractivity contribution in [1.29, 1.82) is 0 Å². The molecule has 1 heterocycles. The first-order valence-electron chi connectivity index (χ1n) is 5.68. The molecule has 0 bridgehead atoms. The number of nitrogens with one attached hydrogen (secondary N) is 1. The van der Waals surface area contributed by atoms with Gasteiger partial charge in [-0.05, 0) is 38.0 Å². The van der Waals surface area contributed by atoms with Crippen molar-refractivity contribution in [3.05, 3.63) is 28.2 Å². The zero-order valence-electron chi connectivity index (χ0n) is 9.74. The van der Waals surface area contributed by atoms with Gasteiger partial charge in [0.1, 0.15) is 0 Å². The molecule has 1 aromatic rings. The van der Waals surface area contributed by atoms with Crippen molar-refractivity contribution in [2.75, 3.05) is 13.2 Å². The van der Waals surface area contributed by atoms with Gasteiger partial charge < -0.3 is 9.29 Å². The van der Waals surface area contributed by atoms with Crippen molar-refractivity contribution in [3.63, 3.8) is 0 Å². The van der Waals surface area contributed by atoms with Gasteiger partial charge in [0.25, 0.3) is 0 Å². The van der Waals surface area contributed by atoms with Crippen molar-refractivity contribution in [1.82, 2.24) is 4.72 Å². The molecule has 1 aliphatic rings. The molecule has 5 heteroatoms. The quantitative estimate of drug-likeness (QED) is 0.871. The van der Waals surface area contributed by atoms with Gasteiger partial charge >= 0.3 is 0 Å². The van der Waals surface area contributed by atoms with Crippen LogP contribution in [-0.2, 0) is 16.1 Å². The van der Waals surface area contributed by atoms with Crippen molar-refractivity contribution in [2.45, 2.75) is 30.7 Å². The Kier molecular flexibility index (Phi) is 4.87. The highest BCUT2D eigenvalue weighted by Gasteiger charge is 2.22. The molecule has 3 nitrogen and oxygen atoms in total. The Morgan fingerprint density at radius 2 is 2.12 bits per heavy atom. The lowest BCUT2D eigenvalue weighted by Crippen LogP contribution is -2.39. The number of hydrogen-bond acceptors (Lipinski definition) is 3. The van der Waals surface area contributed by atoms with Gasteiger partial charge in [-0.15, -0.1) is 4.72 Å². The maximum atomic E-state index is 12.2. The first-order valence-corrected chi connectivity index (χ1v) is 7.63. The highest BCUT2D eigenvalue weighted by atomic mass is 79.9. The molecule has 2 rings (SSSR count). The van der Waals surface area contributed by atoms with E-state index in [-0.39, 0.29) is 0 Å². The van der Waals surface area contributed by atoms with Crippen LogP contribution >= 0.6 is 15.9 Å². The van der Waals surface area contributed by atoms with E-state index >= 15 is 0 Å². The third-order valence-electron chi connectivity index (χ3n) is 2.83. The lowest BCUT2D eigenvalue weighted by molar-refractivity contribution is 0.0832. The Balaban J connectivity index is 2.00. The van der Waals surface area contributed by atoms with E-state index in [0.29, 0.717) is 6.04 Å². The lowest BCUT2D eigenvalue weighted by atomic mass is 10.1. The number of ether oxygens (including phenoxy) is 1. The topological polar surface area (TPSA) is 44.3 Å². The van der Waals surface area contributed by atoms with E-state index in [0.717, 1.165) is 41.0 Å². The molecule has 0 spiro atoms. The minimum atomic E-state index is -1.13. The van der Waals surface area contributed by atoms with Crippen LogP contribution in [0.5, 0.6) is 0 Å². The van der Waals surface area contributed by atoms with E-state index in [2.05, 4.69) is 20.7 Å². The predicted octanol–water partition coefficient (Wildman–Crippen LogP) is 2.55. The van der Waals surface area contributed by atoms with E-state index in [1.165, 1.54) is 0 Å². The molecule has 1 fully saturated rings. The number of hydrogen-bond donors (Lipinski definition) is 1. The van der Waals surface area contributed by atoms with Crippen LogP contribution in [0.1, 0.15) is 18.4 Å². The van der Waals surface area contributed by atoms with Gasteiger partial charge in [0.05, 0.1) is 17.4 Å². The molecular formula is C12H16BrNO2S. The molecule has 1 aromatic carbocycles. The predicted molar refractivity (Wildman–Crippen MR) is 72.3 cm³/mol. The molecule has 0 saturated carbocycles. The van der Waals surface area contributed by atoms with Crippen molar-refractivity contribution in [3.8, 4) is 0 Å². The molecule has 94 valence electrons. The zero-order valence-corrected chi connectivity index (χ0v) is 12.1. The standard InChI is InChI=1S/C12H16BrNO2S/c1-9-8-10(13)2-3-12(9)17(15)14-11-4-6-16-7-5-11/h2-3,8,11,14H,4-7H2,1H3. The SMILES string of the molecule is Cc1cc(Br)ccc1[S+]([O-])NC1CCOCC1. The second-order valence-electron chi connectivity index (χ2n) is 4.18. The minimum Gasteiger partial charge on any atom is -0.593 e. The van der Waals surface area contributed by atoms with Crippen LogP contribution in [0.2, 0.25) is 0 Å². The van der Waals surface area contributed by atoms with Crippen molar-refractivity contribution < 1.29 is 9.29 Å². The largest absolute Gasteiger partial charge is 0.593 e. The monoisotopic (exact) mass is 317 g/mol. The molecule has 0 amide bonds. The van der Waals surface area contributed by atoms with Crippen molar-refractivity contribution >= 4 is 27.3 Å². The maximum absolute atomic E-state index is 12.2. The second-order valence-corrected chi connectivity index (χ2v) is 6.31. The van der Waals surface area contributed by atoms with E-state index in [4.69, 9.17) is 4.74 Å². The Morgan fingerprint density at radius 1 is 1.41 bits per heavy atom. The average molecular weight is 318 g/mol. The molecule has 1 aliphatic heterocycles. The van der Waals surface area contributed by atoms with Crippen molar-refractivity contribution in [2.24, 2.45) is 0 Å². The molecule has 0 aliphatic carbocycles. The van der Waals surface area contributed by atoms with Crippen LogP contribution in [0.15, 0.2) is 27.6 Å². The first kappa shape index (κ1) is 13.4. The summed E-state index contributed by atoms with van der Waals surface area (Å²) in [6.45, 7) is 3.49. The van der Waals surface area contributed by atoms with E-state index in [9.17, 15) is 4.55 Å². The molecule has 0 radical (unpaired) electrons. The lowest BCUT2D eigenvalue weighted by Gasteiger charge is -2.24. The number of aryl methyl sites for hydroxylation is 1. The van der Waals surface area contributed by atoms with Gasteiger partial charge in [-0.1, -0.05) is 15.9 Å². The highest BCUT2D eigenvalue weighted by Crippen LogP contribution is 2.21. The number of halogens is 1. The summed E-state index contributed by atoms with van der Waals surface area (Å²) in [6, 6.07) is 6.11. The molecule has 1 atom stereocenters. The van der Waals surface area contributed by atoms with Gasteiger partial charge in [-0.2, -0.15) is 0 Å². The fourth-order valence-corrected chi connectivity index (χ4v) is 3.54. The average Bonchev–Trinajstić information content (AvgIpc) is 2.30. The molecule has 1 N–H and O–H groups in total. The van der Waals surface area contributed by atoms with Gasteiger partial charge in [0.15, 0.2) is 4.90 Å². The smallest absolute Gasteiger partial charge is 0.176 e. The zero-order chi connectivity index (χ0) is 12.3. The Bertz CT molecular complexity index is 383. The van der Waals surface area contributed by atoms with E-state index in [1.807, 2.05) is 25.1 Å². The van der Waals surface area contributed by atoms with Gasteiger partial charge in [0, 0.05) is 23.2 Å². The fraction of sp³-hybridized carbons (Fsp3) is 0.500. The molecule has 1 saturated heterocycles.